The van der Waals surface area contributed by atoms with Gasteiger partial charge in [0.15, 0.2) is 0 Å². The predicted molar refractivity (Wildman–Crippen MR) is 111 cm³/mol. The topological polar surface area (TPSA) is 107 Å². The van der Waals surface area contributed by atoms with Gasteiger partial charge in [0.25, 0.3) is 5.56 Å². The molecule has 152 valence electrons. The monoisotopic (exact) mass is 395 g/mol. The number of aryl methyl sites for hydroxylation is 1. The van der Waals surface area contributed by atoms with Crippen LogP contribution in [0.4, 0.5) is 17.5 Å². The lowest BCUT2D eigenvalue weighted by atomic mass is 9.92. The summed E-state index contributed by atoms with van der Waals surface area (Å²) in [5, 5.41) is 5.47. The number of piperidine rings is 1. The molecule has 0 radical (unpaired) electrons. The van der Waals surface area contributed by atoms with Crippen LogP contribution in [0.25, 0.3) is 0 Å². The van der Waals surface area contributed by atoms with Crippen molar-refractivity contribution in [1.29, 1.82) is 0 Å². The van der Waals surface area contributed by atoms with Gasteiger partial charge in [-0.1, -0.05) is 24.6 Å². The molecule has 8 nitrogen and oxygen atoms in total. The number of H-pyrrole nitrogens is 1. The summed E-state index contributed by atoms with van der Waals surface area (Å²) in [7, 11) is 0. The summed E-state index contributed by atoms with van der Waals surface area (Å²) in [6.07, 6.45) is 2.08. The van der Waals surface area contributed by atoms with E-state index in [4.69, 9.17) is 0 Å². The van der Waals surface area contributed by atoms with Crippen molar-refractivity contribution in [2.24, 2.45) is 5.92 Å². The number of hydrogen-bond donors (Lipinski definition) is 3. The fourth-order valence-electron chi connectivity index (χ4n) is 3.98. The Morgan fingerprint density at radius 3 is 2.72 bits per heavy atom. The van der Waals surface area contributed by atoms with Gasteiger partial charge >= 0.3 is 0 Å². The number of hydrogen-bond acceptors (Lipinski definition) is 5. The lowest BCUT2D eigenvalue weighted by Gasteiger charge is -2.32. The maximum absolute atomic E-state index is 12.9. The maximum atomic E-state index is 12.9. The molecular formula is C21H25N5O3. The third kappa shape index (κ3) is 4.01. The SMILES string of the molecule is Cc1ccc(NC(=O)[C@@H]2CC(=O)Nc3nc(N4CCC[C@H](C)C4)[nH]c(=O)c32)cc1. The number of carbonyl (C=O) groups is 2. The number of rotatable bonds is 3. The Labute approximate surface area is 168 Å². The highest BCUT2D eigenvalue weighted by atomic mass is 16.2. The van der Waals surface area contributed by atoms with Crippen molar-refractivity contribution in [3.63, 3.8) is 0 Å². The number of anilines is 3. The zero-order chi connectivity index (χ0) is 20.5. The van der Waals surface area contributed by atoms with E-state index in [1.807, 2.05) is 24.0 Å². The van der Waals surface area contributed by atoms with E-state index < -0.39 is 11.8 Å². The lowest BCUT2D eigenvalue weighted by Crippen LogP contribution is -2.40. The van der Waals surface area contributed by atoms with Gasteiger partial charge in [-0.05, 0) is 37.8 Å². The van der Waals surface area contributed by atoms with Crippen LogP contribution in [0.15, 0.2) is 29.1 Å². The first-order valence-electron chi connectivity index (χ1n) is 9.97. The molecule has 0 bridgehead atoms. The van der Waals surface area contributed by atoms with E-state index in [0.29, 0.717) is 17.6 Å². The minimum Gasteiger partial charge on any atom is -0.342 e. The molecule has 1 saturated heterocycles. The zero-order valence-corrected chi connectivity index (χ0v) is 16.6. The molecular weight excluding hydrogens is 370 g/mol. The van der Waals surface area contributed by atoms with Crippen molar-refractivity contribution in [2.75, 3.05) is 28.6 Å². The van der Waals surface area contributed by atoms with E-state index in [1.165, 1.54) is 0 Å². The van der Waals surface area contributed by atoms with Crippen LogP contribution in [0.1, 0.15) is 43.2 Å². The number of aromatic nitrogens is 2. The molecule has 2 aliphatic heterocycles. The molecule has 0 spiro atoms. The predicted octanol–water partition coefficient (Wildman–Crippen LogP) is 2.38. The highest BCUT2D eigenvalue weighted by Gasteiger charge is 2.35. The Morgan fingerprint density at radius 1 is 1.24 bits per heavy atom. The Hall–Kier alpha value is -3.16. The first-order valence-corrected chi connectivity index (χ1v) is 9.97. The molecule has 29 heavy (non-hydrogen) atoms. The Morgan fingerprint density at radius 2 is 2.00 bits per heavy atom. The van der Waals surface area contributed by atoms with Crippen molar-refractivity contribution < 1.29 is 9.59 Å². The molecule has 8 heteroatoms. The van der Waals surface area contributed by atoms with Crippen LogP contribution in [0, 0.1) is 12.8 Å². The van der Waals surface area contributed by atoms with Gasteiger partial charge < -0.3 is 15.5 Å². The van der Waals surface area contributed by atoms with Crippen molar-refractivity contribution in [1.82, 2.24) is 9.97 Å². The third-order valence-corrected chi connectivity index (χ3v) is 5.53. The molecule has 2 atom stereocenters. The van der Waals surface area contributed by atoms with Crippen molar-refractivity contribution in [3.8, 4) is 0 Å². The molecule has 0 aliphatic carbocycles. The largest absolute Gasteiger partial charge is 0.342 e. The van der Waals surface area contributed by atoms with Gasteiger partial charge in [-0.2, -0.15) is 4.98 Å². The smallest absolute Gasteiger partial charge is 0.258 e. The second-order valence-corrected chi connectivity index (χ2v) is 8.01. The first kappa shape index (κ1) is 19.2. The molecule has 2 amide bonds. The van der Waals surface area contributed by atoms with Crippen LogP contribution in [0.2, 0.25) is 0 Å². The highest BCUT2D eigenvalue weighted by molar-refractivity contribution is 6.04. The third-order valence-electron chi connectivity index (χ3n) is 5.53. The van der Waals surface area contributed by atoms with Crippen LogP contribution < -0.4 is 21.1 Å². The molecule has 1 fully saturated rings. The molecule has 2 aliphatic rings. The average Bonchev–Trinajstić information content (AvgIpc) is 2.68. The molecule has 4 rings (SSSR count). The van der Waals surface area contributed by atoms with Gasteiger partial charge in [0.2, 0.25) is 17.8 Å². The summed E-state index contributed by atoms with van der Waals surface area (Å²) >= 11 is 0. The average molecular weight is 395 g/mol. The number of nitrogens with zero attached hydrogens (tertiary/aromatic N) is 2. The van der Waals surface area contributed by atoms with E-state index in [-0.39, 0.29) is 29.3 Å². The molecule has 0 saturated carbocycles. The second kappa shape index (κ2) is 7.69. The van der Waals surface area contributed by atoms with Gasteiger partial charge in [0.1, 0.15) is 5.82 Å². The number of aromatic amines is 1. The van der Waals surface area contributed by atoms with Gasteiger partial charge in [-0.15, -0.1) is 0 Å². The van der Waals surface area contributed by atoms with E-state index >= 15 is 0 Å². The highest BCUT2D eigenvalue weighted by Crippen LogP contribution is 2.31. The van der Waals surface area contributed by atoms with E-state index in [2.05, 4.69) is 27.5 Å². The van der Waals surface area contributed by atoms with Crippen LogP contribution >= 0.6 is 0 Å². The van der Waals surface area contributed by atoms with E-state index in [0.717, 1.165) is 31.5 Å². The van der Waals surface area contributed by atoms with Crippen molar-refractivity contribution in [3.05, 3.63) is 45.7 Å². The summed E-state index contributed by atoms with van der Waals surface area (Å²) in [4.78, 5) is 47.3. The second-order valence-electron chi connectivity index (χ2n) is 8.01. The normalized spacial score (nSPS) is 21.3. The number of fused-ring (bicyclic) bond motifs is 1. The summed E-state index contributed by atoms with van der Waals surface area (Å²) < 4.78 is 0. The van der Waals surface area contributed by atoms with Crippen molar-refractivity contribution in [2.45, 2.75) is 39.0 Å². The summed E-state index contributed by atoms with van der Waals surface area (Å²) in [5.74, 6) is -0.463. The minimum absolute atomic E-state index is 0.0877. The number of benzene rings is 1. The minimum atomic E-state index is -0.884. The standard InChI is InChI=1S/C21H25N5O3/c1-12-5-7-14(8-6-12)22-19(28)15-10-16(27)23-18-17(15)20(29)25-21(24-18)26-9-3-4-13(2)11-26/h5-8,13,15H,3-4,9-11H2,1-2H3,(H,22,28)(H2,23,24,25,27,29)/t13-,15+/m0/s1. The van der Waals surface area contributed by atoms with Crippen LogP contribution in [0.3, 0.4) is 0 Å². The van der Waals surface area contributed by atoms with Crippen LogP contribution in [-0.2, 0) is 9.59 Å². The molecule has 3 N–H and O–H groups in total. The fourth-order valence-corrected chi connectivity index (χ4v) is 3.98. The van der Waals surface area contributed by atoms with Gasteiger partial charge in [-0.25, -0.2) is 0 Å². The molecule has 1 aromatic carbocycles. The summed E-state index contributed by atoms with van der Waals surface area (Å²) in [6, 6.07) is 7.36. The Kier molecular flexibility index (Phi) is 5.08. The van der Waals surface area contributed by atoms with Crippen LogP contribution in [0.5, 0.6) is 0 Å². The number of carbonyl (C=O) groups excluding carboxylic acids is 2. The summed E-state index contributed by atoms with van der Waals surface area (Å²) in [5.41, 5.74) is 1.53. The molecule has 3 heterocycles. The first-order chi connectivity index (χ1) is 13.9. The van der Waals surface area contributed by atoms with Gasteiger partial charge in [0, 0.05) is 25.2 Å². The maximum Gasteiger partial charge on any atom is 0.258 e. The van der Waals surface area contributed by atoms with Gasteiger partial charge in [-0.3, -0.25) is 19.4 Å². The molecule has 1 aromatic heterocycles. The molecule has 0 unspecified atom stereocenters. The van der Waals surface area contributed by atoms with Gasteiger partial charge in [0.05, 0.1) is 11.5 Å². The summed E-state index contributed by atoms with van der Waals surface area (Å²) in [6.45, 7) is 5.72. The number of amides is 2. The Bertz CT molecular complexity index is 998. The lowest BCUT2D eigenvalue weighted by molar-refractivity contribution is -0.123. The zero-order valence-electron chi connectivity index (χ0n) is 16.6. The van der Waals surface area contributed by atoms with Crippen molar-refractivity contribution >= 4 is 29.3 Å². The van der Waals surface area contributed by atoms with Crippen LogP contribution in [-0.4, -0.2) is 34.9 Å². The fraction of sp³-hybridized carbons (Fsp3) is 0.429. The Balaban J connectivity index is 1.63. The van der Waals surface area contributed by atoms with E-state index in [1.54, 1.807) is 12.1 Å². The quantitative estimate of drug-likeness (QED) is 0.740. The van der Waals surface area contributed by atoms with E-state index in [9.17, 15) is 14.4 Å². The molecule has 2 aromatic rings. The number of nitrogens with one attached hydrogen (secondary N) is 3.